The molecule has 3 amide bonds. The molecule has 1 aromatic heterocycles. The fourth-order valence-corrected chi connectivity index (χ4v) is 4.58. The number of benzene rings is 2. The zero-order valence-electron chi connectivity index (χ0n) is 22.3. The Bertz CT molecular complexity index is 1360. The van der Waals surface area contributed by atoms with Gasteiger partial charge in [-0.05, 0) is 74.3 Å². The van der Waals surface area contributed by atoms with E-state index in [1.165, 1.54) is 45.6 Å². The van der Waals surface area contributed by atoms with Gasteiger partial charge in [-0.1, -0.05) is 0 Å². The molecule has 208 valence electrons. The molecule has 3 rings (SSSR count). The summed E-state index contributed by atoms with van der Waals surface area (Å²) in [5.41, 5.74) is 10.7. The monoisotopic (exact) mass is 559 g/mol. The SMILES string of the molecule is COc1cc([C@@H](C(=O)NC(C)(C)C)N(C(=O)c2snc(C(N)=O)c2N)c2ccc(F)cc2)cc(OC)c1OC. The van der Waals surface area contributed by atoms with Gasteiger partial charge in [0.05, 0.1) is 27.0 Å². The van der Waals surface area contributed by atoms with E-state index in [4.69, 9.17) is 25.7 Å². The Morgan fingerprint density at radius 3 is 2.03 bits per heavy atom. The third kappa shape index (κ3) is 6.20. The van der Waals surface area contributed by atoms with Crippen molar-refractivity contribution in [3.63, 3.8) is 0 Å². The number of nitrogens with two attached hydrogens (primary N) is 2. The van der Waals surface area contributed by atoms with Crippen LogP contribution < -0.4 is 35.9 Å². The van der Waals surface area contributed by atoms with Gasteiger partial charge >= 0.3 is 0 Å². The van der Waals surface area contributed by atoms with Crippen molar-refractivity contribution in [2.75, 3.05) is 32.0 Å². The molecular formula is C26H30FN5O6S. The molecule has 2 aromatic carbocycles. The largest absolute Gasteiger partial charge is 0.493 e. The average molecular weight is 560 g/mol. The van der Waals surface area contributed by atoms with E-state index in [9.17, 15) is 18.8 Å². The summed E-state index contributed by atoms with van der Waals surface area (Å²) in [7, 11) is 4.26. The van der Waals surface area contributed by atoms with Crippen LogP contribution in [0.5, 0.6) is 17.2 Å². The molecule has 1 heterocycles. The molecule has 39 heavy (non-hydrogen) atoms. The number of rotatable bonds is 9. The van der Waals surface area contributed by atoms with Crippen LogP contribution in [0.25, 0.3) is 0 Å². The Balaban J connectivity index is 2.34. The van der Waals surface area contributed by atoms with Crippen molar-refractivity contribution in [3.8, 4) is 17.2 Å². The van der Waals surface area contributed by atoms with Crippen molar-refractivity contribution in [1.29, 1.82) is 0 Å². The average Bonchev–Trinajstić information content (AvgIpc) is 3.27. The van der Waals surface area contributed by atoms with Crippen LogP contribution >= 0.6 is 11.5 Å². The summed E-state index contributed by atoms with van der Waals surface area (Å²) in [5, 5.41) is 2.89. The molecule has 0 fully saturated rings. The van der Waals surface area contributed by atoms with Gasteiger partial charge in [0.2, 0.25) is 11.7 Å². The van der Waals surface area contributed by atoms with Crippen molar-refractivity contribution < 1.29 is 33.0 Å². The van der Waals surface area contributed by atoms with Gasteiger partial charge in [-0.3, -0.25) is 19.3 Å². The minimum absolute atomic E-state index is 0.130. The van der Waals surface area contributed by atoms with Gasteiger partial charge in [-0.15, -0.1) is 0 Å². The molecule has 0 unspecified atom stereocenters. The van der Waals surface area contributed by atoms with E-state index in [0.717, 1.165) is 17.0 Å². The predicted octanol–water partition coefficient (Wildman–Crippen LogP) is 3.29. The lowest BCUT2D eigenvalue weighted by Crippen LogP contribution is -2.49. The fourth-order valence-electron chi connectivity index (χ4n) is 3.84. The van der Waals surface area contributed by atoms with E-state index >= 15 is 0 Å². The van der Waals surface area contributed by atoms with Gasteiger partial charge in [-0.2, -0.15) is 4.37 Å². The fraction of sp³-hybridized carbons (Fsp3) is 0.308. The van der Waals surface area contributed by atoms with Crippen LogP contribution in [0.15, 0.2) is 36.4 Å². The molecule has 0 saturated heterocycles. The van der Waals surface area contributed by atoms with Crippen molar-refractivity contribution in [2.24, 2.45) is 5.73 Å². The summed E-state index contributed by atoms with van der Waals surface area (Å²) in [4.78, 5) is 40.8. The first-order valence-electron chi connectivity index (χ1n) is 11.6. The topological polar surface area (TPSA) is 159 Å². The highest BCUT2D eigenvalue weighted by atomic mass is 32.1. The number of nitrogens with one attached hydrogen (secondary N) is 1. The highest BCUT2D eigenvalue weighted by molar-refractivity contribution is 7.09. The Kier molecular flexibility index (Phi) is 8.64. The smallest absolute Gasteiger partial charge is 0.273 e. The van der Waals surface area contributed by atoms with Gasteiger partial charge in [0.25, 0.3) is 11.8 Å². The van der Waals surface area contributed by atoms with E-state index in [0.29, 0.717) is 11.5 Å². The molecule has 3 aromatic rings. The lowest BCUT2D eigenvalue weighted by molar-refractivity contribution is -0.123. The summed E-state index contributed by atoms with van der Waals surface area (Å²) >= 11 is 0.655. The van der Waals surface area contributed by atoms with E-state index < -0.39 is 35.1 Å². The van der Waals surface area contributed by atoms with Crippen LogP contribution in [0.2, 0.25) is 0 Å². The number of hydrogen-bond acceptors (Lipinski definition) is 9. The molecule has 0 aliphatic rings. The number of aromatic nitrogens is 1. The number of methoxy groups -OCH3 is 3. The summed E-state index contributed by atoms with van der Waals surface area (Å²) in [6, 6.07) is 6.69. The molecule has 0 bridgehead atoms. The maximum atomic E-state index is 14.1. The number of anilines is 2. The minimum Gasteiger partial charge on any atom is -0.493 e. The number of nitrogens with zero attached hydrogens (tertiary/aromatic N) is 2. The van der Waals surface area contributed by atoms with Crippen LogP contribution in [-0.4, -0.2) is 49.0 Å². The lowest BCUT2D eigenvalue weighted by Gasteiger charge is -2.34. The number of nitrogen functional groups attached to an aromatic ring is 1. The summed E-state index contributed by atoms with van der Waals surface area (Å²) in [5.74, 6) is -2.07. The third-order valence-electron chi connectivity index (χ3n) is 5.49. The van der Waals surface area contributed by atoms with E-state index in [1.807, 2.05) is 0 Å². The van der Waals surface area contributed by atoms with Gasteiger partial charge < -0.3 is 31.0 Å². The Labute approximate surface area is 229 Å². The van der Waals surface area contributed by atoms with Crippen molar-refractivity contribution >= 4 is 40.6 Å². The molecule has 0 aliphatic heterocycles. The molecule has 0 radical (unpaired) electrons. The van der Waals surface area contributed by atoms with Crippen molar-refractivity contribution in [3.05, 3.63) is 58.3 Å². The van der Waals surface area contributed by atoms with Gasteiger partial charge in [0.1, 0.15) is 16.7 Å². The number of ether oxygens (including phenoxy) is 3. The normalized spacial score (nSPS) is 11.9. The molecule has 0 aliphatic carbocycles. The Hall–Kier alpha value is -4.39. The second-order valence-electron chi connectivity index (χ2n) is 9.39. The molecule has 11 nitrogen and oxygen atoms in total. The maximum Gasteiger partial charge on any atom is 0.273 e. The van der Waals surface area contributed by atoms with Crippen molar-refractivity contribution in [1.82, 2.24) is 9.69 Å². The van der Waals surface area contributed by atoms with Crippen LogP contribution in [0.4, 0.5) is 15.8 Å². The number of hydrogen-bond donors (Lipinski definition) is 3. The molecule has 0 saturated carbocycles. The van der Waals surface area contributed by atoms with Crippen LogP contribution in [-0.2, 0) is 4.79 Å². The minimum atomic E-state index is -1.35. The second kappa shape index (κ2) is 11.6. The number of carbonyl (C=O) groups excluding carboxylic acids is 3. The first-order chi connectivity index (χ1) is 18.3. The zero-order valence-corrected chi connectivity index (χ0v) is 23.1. The number of amides is 3. The molecule has 13 heteroatoms. The molecule has 0 spiro atoms. The first-order valence-corrected chi connectivity index (χ1v) is 12.4. The standard InChI is InChI=1S/C26H30FN5O6S/c1-26(2,3)30-24(34)20(13-11-16(36-4)21(38-6)17(12-13)37-5)32(15-9-7-14(27)8-10-15)25(35)22-18(28)19(23(29)33)31-39-22/h7-12,20H,28H2,1-6H3,(H2,29,33)(H,30,34)/t20-/m0/s1. The van der Waals surface area contributed by atoms with Gasteiger partial charge in [-0.25, -0.2) is 4.39 Å². The van der Waals surface area contributed by atoms with E-state index in [-0.39, 0.29) is 44.8 Å². The van der Waals surface area contributed by atoms with Crippen LogP contribution in [0.1, 0.15) is 52.5 Å². The Morgan fingerprint density at radius 2 is 1.59 bits per heavy atom. The van der Waals surface area contributed by atoms with E-state index in [2.05, 4.69) is 9.69 Å². The highest BCUT2D eigenvalue weighted by Crippen LogP contribution is 2.42. The maximum absolute atomic E-state index is 14.1. The third-order valence-corrected chi connectivity index (χ3v) is 6.34. The lowest BCUT2D eigenvalue weighted by atomic mass is 9.99. The molecular weight excluding hydrogens is 529 g/mol. The molecule has 5 N–H and O–H groups in total. The van der Waals surface area contributed by atoms with Gasteiger partial charge in [0, 0.05) is 11.2 Å². The quantitative estimate of drug-likeness (QED) is 0.360. The van der Waals surface area contributed by atoms with E-state index in [1.54, 1.807) is 20.8 Å². The number of carbonyl (C=O) groups is 3. The predicted molar refractivity (Wildman–Crippen MR) is 145 cm³/mol. The first kappa shape index (κ1) is 29.2. The van der Waals surface area contributed by atoms with Gasteiger partial charge in [0.15, 0.2) is 17.2 Å². The highest BCUT2D eigenvalue weighted by Gasteiger charge is 2.38. The van der Waals surface area contributed by atoms with Crippen LogP contribution in [0, 0.1) is 5.82 Å². The summed E-state index contributed by atoms with van der Waals surface area (Å²) in [6.45, 7) is 5.34. The molecule has 1 atom stereocenters. The Morgan fingerprint density at radius 1 is 1.03 bits per heavy atom. The van der Waals surface area contributed by atoms with Crippen LogP contribution in [0.3, 0.4) is 0 Å². The summed E-state index contributed by atoms with van der Waals surface area (Å²) < 4.78 is 34.2. The second-order valence-corrected chi connectivity index (χ2v) is 10.2. The summed E-state index contributed by atoms with van der Waals surface area (Å²) in [6.07, 6.45) is 0. The number of primary amides is 1. The number of halogens is 1. The van der Waals surface area contributed by atoms with Crippen molar-refractivity contribution in [2.45, 2.75) is 32.4 Å². The zero-order chi connectivity index (χ0) is 29.1.